The fourth-order valence-corrected chi connectivity index (χ4v) is 1.18. The van der Waals surface area contributed by atoms with Crippen LogP contribution in [0.5, 0.6) is 0 Å². The van der Waals surface area contributed by atoms with E-state index in [1.165, 1.54) is 0 Å². The zero-order valence-electron chi connectivity index (χ0n) is 10.4. The normalized spacial score (nSPS) is 13.5. The summed E-state index contributed by atoms with van der Waals surface area (Å²) in [6.45, 7) is 5.91. The minimum absolute atomic E-state index is 0.193. The van der Waals surface area contributed by atoms with Crippen LogP contribution >= 0.6 is 0 Å². The largest absolute Gasteiger partial charge is 0.394 e. The van der Waals surface area contributed by atoms with E-state index in [0.717, 1.165) is 0 Å². The third-order valence-electron chi connectivity index (χ3n) is 2.15. The number of hydrogen-bond acceptors (Lipinski definition) is 6. The smallest absolute Gasteiger partial charge is 0.138 e. The van der Waals surface area contributed by atoms with Crippen molar-refractivity contribution in [2.24, 2.45) is 0 Å². The summed E-state index contributed by atoms with van der Waals surface area (Å²) in [5.74, 6) is 1.57. The van der Waals surface area contributed by atoms with E-state index in [9.17, 15) is 5.11 Å². The summed E-state index contributed by atoms with van der Waals surface area (Å²) in [7, 11) is 0. The molecule has 96 valence electrons. The molecule has 1 aromatic heterocycles. The number of hydrogen-bond donors (Lipinski definition) is 4. The van der Waals surface area contributed by atoms with Gasteiger partial charge in [-0.2, -0.15) is 0 Å². The summed E-state index contributed by atoms with van der Waals surface area (Å²) in [5, 5.41) is 20.8. The summed E-state index contributed by atoms with van der Waals surface area (Å²) in [4.78, 5) is 8.48. The number of nitrogens with one attached hydrogen (secondary N) is 1. The molecular weight excluding hydrogens is 220 g/mol. The number of nitrogens with two attached hydrogens (primary N) is 1. The van der Waals surface area contributed by atoms with Gasteiger partial charge in [0.1, 0.15) is 17.5 Å². The summed E-state index contributed by atoms with van der Waals surface area (Å²) in [5.41, 5.74) is 5.50. The van der Waals surface area contributed by atoms with Crippen LogP contribution in [0.2, 0.25) is 0 Å². The second-order valence-corrected chi connectivity index (χ2v) is 4.97. The summed E-state index contributed by atoms with van der Waals surface area (Å²) >= 11 is 0. The van der Waals surface area contributed by atoms with Crippen molar-refractivity contribution >= 4 is 11.6 Å². The Morgan fingerprint density at radius 2 is 2.06 bits per heavy atom. The fourth-order valence-electron chi connectivity index (χ4n) is 1.18. The van der Waals surface area contributed by atoms with Crippen LogP contribution in [-0.2, 0) is 5.41 Å². The van der Waals surface area contributed by atoms with E-state index in [1.54, 1.807) is 6.07 Å². The summed E-state index contributed by atoms with van der Waals surface area (Å²) < 4.78 is 0. The minimum atomic E-state index is -0.815. The van der Waals surface area contributed by atoms with E-state index >= 15 is 0 Å². The zero-order valence-corrected chi connectivity index (χ0v) is 10.4. The Morgan fingerprint density at radius 1 is 1.41 bits per heavy atom. The average Bonchev–Trinajstić information content (AvgIpc) is 2.24. The van der Waals surface area contributed by atoms with E-state index < -0.39 is 6.10 Å². The van der Waals surface area contributed by atoms with Gasteiger partial charge in [0.15, 0.2) is 0 Å². The SMILES string of the molecule is CC(C)(C)c1nc(N)cc(NCC(O)CO)n1. The van der Waals surface area contributed by atoms with Crippen LogP contribution in [0.15, 0.2) is 6.07 Å². The molecule has 6 heteroatoms. The first-order valence-electron chi connectivity index (χ1n) is 5.50. The monoisotopic (exact) mass is 240 g/mol. The second kappa shape index (κ2) is 5.29. The van der Waals surface area contributed by atoms with E-state index in [2.05, 4.69) is 15.3 Å². The second-order valence-electron chi connectivity index (χ2n) is 4.97. The first kappa shape index (κ1) is 13.7. The number of aliphatic hydroxyl groups is 2. The molecule has 0 bridgehead atoms. The number of nitrogen functional groups attached to an aromatic ring is 1. The molecule has 0 aliphatic heterocycles. The topological polar surface area (TPSA) is 104 Å². The number of anilines is 2. The first-order valence-corrected chi connectivity index (χ1v) is 5.50. The van der Waals surface area contributed by atoms with Gasteiger partial charge >= 0.3 is 0 Å². The molecule has 0 aliphatic rings. The molecular formula is C11H20N4O2. The lowest BCUT2D eigenvalue weighted by Gasteiger charge is -2.18. The fraction of sp³-hybridized carbons (Fsp3) is 0.636. The molecule has 1 heterocycles. The Bertz CT molecular complexity index is 376. The Balaban J connectivity index is 2.83. The van der Waals surface area contributed by atoms with Gasteiger partial charge in [-0.3, -0.25) is 0 Å². The van der Waals surface area contributed by atoms with E-state index in [-0.39, 0.29) is 18.6 Å². The molecule has 0 fully saturated rings. The Morgan fingerprint density at radius 3 is 2.59 bits per heavy atom. The average molecular weight is 240 g/mol. The molecule has 0 saturated heterocycles. The van der Waals surface area contributed by atoms with Crippen LogP contribution in [0, 0.1) is 0 Å². The molecule has 0 aromatic carbocycles. The highest BCUT2D eigenvalue weighted by Crippen LogP contribution is 2.21. The van der Waals surface area contributed by atoms with Gasteiger partial charge in [-0.1, -0.05) is 20.8 Å². The quantitative estimate of drug-likeness (QED) is 0.596. The molecule has 6 nitrogen and oxygen atoms in total. The van der Waals surface area contributed by atoms with E-state index in [0.29, 0.717) is 17.5 Å². The lowest BCUT2D eigenvalue weighted by Crippen LogP contribution is -2.24. The predicted octanol–water partition coefficient (Wildman–Crippen LogP) is 0.121. The molecule has 0 amide bonds. The maximum Gasteiger partial charge on any atom is 0.138 e. The molecule has 5 N–H and O–H groups in total. The van der Waals surface area contributed by atoms with Crippen molar-refractivity contribution in [2.45, 2.75) is 32.3 Å². The Hall–Kier alpha value is -1.40. The van der Waals surface area contributed by atoms with Crippen LogP contribution in [0.4, 0.5) is 11.6 Å². The van der Waals surface area contributed by atoms with Crippen LogP contribution < -0.4 is 11.1 Å². The molecule has 0 saturated carbocycles. The molecule has 0 spiro atoms. The van der Waals surface area contributed by atoms with E-state index in [4.69, 9.17) is 10.8 Å². The van der Waals surface area contributed by atoms with Crippen molar-refractivity contribution in [1.82, 2.24) is 9.97 Å². The number of aromatic nitrogens is 2. The van der Waals surface area contributed by atoms with Gasteiger partial charge in [-0.05, 0) is 0 Å². The van der Waals surface area contributed by atoms with Gasteiger partial charge in [-0.25, -0.2) is 9.97 Å². The lowest BCUT2D eigenvalue weighted by atomic mass is 9.96. The number of nitrogens with zero attached hydrogens (tertiary/aromatic N) is 2. The van der Waals surface area contributed by atoms with Gasteiger partial charge in [0.25, 0.3) is 0 Å². The predicted molar refractivity (Wildman–Crippen MR) is 66.7 cm³/mol. The molecule has 1 unspecified atom stereocenters. The van der Waals surface area contributed by atoms with Gasteiger partial charge in [0.2, 0.25) is 0 Å². The molecule has 1 atom stereocenters. The van der Waals surface area contributed by atoms with Gasteiger partial charge in [-0.15, -0.1) is 0 Å². The Labute approximate surface area is 101 Å². The van der Waals surface area contributed by atoms with Crippen molar-refractivity contribution < 1.29 is 10.2 Å². The van der Waals surface area contributed by atoms with Crippen LogP contribution in [0.3, 0.4) is 0 Å². The maximum absolute atomic E-state index is 9.23. The highest BCUT2D eigenvalue weighted by atomic mass is 16.3. The van der Waals surface area contributed by atoms with Crippen molar-refractivity contribution in [1.29, 1.82) is 0 Å². The third-order valence-corrected chi connectivity index (χ3v) is 2.15. The lowest BCUT2D eigenvalue weighted by molar-refractivity contribution is 0.105. The zero-order chi connectivity index (χ0) is 13.1. The highest BCUT2D eigenvalue weighted by molar-refractivity contribution is 5.45. The van der Waals surface area contributed by atoms with Crippen molar-refractivity contribution in [2.75, 3.05) is 24.2 Å². The van der Waals surface area contributed by atoms with Crippen molar-refractivity contribution in [3.63, 3.8) is 0 Å². The third kappa shape index (κ3) is 4.16. The van der Waals surface area contributed by atoms with Crippen molar-refractivity contribution in [3.05, 3.63) is 11.9 Å². The van der Waals surface area contributed by atoms with E-state index in [1.807, 2.05) is 20.8 Å². The van der Waals surface area contributed by atoms with Gasteiger partial charge in [0.05, 0.1) is 12.7 Å². The highest BCUT2D eigenvalue weighted by Gasteiger charge is 2.18. The number of aliphatic hydroxyl groups excluding tert-OH is 2. The molecule has 1 aromatic rings. The Kier molecular flexibility index (Phi) is 4.25. The first-order chi connectivity index (χ1) is 7.82. The maximum atomic E-state index is 9.23. The van der Waals surface area contributed by atoms with Crippen LogP contribution in [0.1, 0.15) is 26.6 Å². The van der Waals surface area contributed by atoms with Crippen molar-refractivity contribution in [3.8, 4) is 0 Å². The summed E-state index contributed by atoms with van der Waals surface area (Å²) in [6.07, 6.45) is -0.815. The molecule has 0 aliphatic carbocycles. The molecule has 17 heavy (non-hydrogen) atoms. The minimum Gasteiger partial charge on any atom is -0.394 e. The molecule has 1 rings (SSSR count). The van der Waals surface area contributed by atoms with Gasteiger partial charge in [0, 0.05) is 18.0 Å². The van der Waals surface area contributed by atoms with Crippen LogP contribution in [0.25, 0.3) is 0 Å². The van der Waals surface area contributed by atoms with Crippen LogP contribution in [-0.4, -0.2) is 39.4 Å². The van der Waals surface area contributed by atoms with Gasteiger partial charge < -0.3 is 21.3 Å². The summed E-state index contributed by atoms with van der Waals surface area (Å²) in [6, 6.07) is 1.60. The number of rotatable bonds is 4. The molecule has 0 radical (unpaired) electrons. The standard InChI is InChI=1S/C11H20N4O2/c1-11(2,3)10-14-8(12)4-9(15-10)13-5-7(17)6-16/h4,7,16-17H,5-6H2,1-3H3,(H3,12,13,14,15).